The molecule has 4 N–H and O–H groups in total. The number of phenolic OH excluding ortho intramolecular Hbond substituents is 4. The fourth-order valence-electron chi connectivity index (χ4n) is 1.42. The van der Waals surface area contributed by atoms with Gasteiger partial charge in [-0.3, -0.25) is 4.99 Å². The number of aromatic hydroxyl groups is 4. The Morgan fingerprint density at radius 1 is 0.778 bits per heavy atom. The lowest BCUT2D eigenvalue weighted by molar-refractivity contribution is 0.427. The van der Waals surface area contributed by atoms with Gasteiger partial charge in [0.25, 0.3) is 0 Å². The maximum atomic E-state index is 9.54. The normalized spacial score (nSPS) is 10.9. The van der Waals surface area contributed by atoms with Crippen LogP contribution in [0.4, 0.5) is 5.69 Å². The summed E-state index contributed by atoms with van der Waals surface area (Å²) in [5, 5.41) is 37.3. The molecule has 2 rings (SSSR count). The second-order valence-corrected chi connectivity index (χ2v) is 3.67. The predicted molar refractivity (Wildman–Crippen MR) is 66.8 cm³/mol. The van der Waals surface area contributed by atoms with Crippen molar-refractivity contribution >= 4 is 11.9 Å². The van der Waals surface area contributed by atoms with Gasteiger partial charge in [0.15, 0.2) is 0 Å². The summed E-state index contributed by atoms with van der Waals surface area (Å²) in [4.78, 5) is 4.03. The lowest BCUT2D eigenvalue weighted by atomic mass is 10.2. The van der Waals surface area contributed by atoms with Crippen molar-refractivity contribution < 1.29 is 20.4 Å². The van der Waals surface area contributed by atoms with Gasteiger partial charge in [-0.25, -0.2) is 0 Å². The summed E-state index contributed by atoms with van der Waals surface area (Å²) in [7, 11) is 0. The van der Waals surface area contributed by atoms with Gasteiger partial charge in [0, 0.05) is 18.3 Å². The van der Waals surface area contributed by atoms with Crippen LogP contribution in [0.1, 0.15) is 5.56 Å². The lowest BCUT2D eigenvalue weighted by Gasteiger charge is -2.03. The van der Waals surface area contributed by atoms with Gasteiger partial charge in [-0.1, -0.05) is 0 Å². The standard InChI is InChI=1S/C13H11NO4/c15-9-3-1-8(2-4-9)14-7-11-12(17)5-10(16)6-13(11)18/h1-7,15-18H. The molecule has 0 spiro atoms. The molecule has 0 radical (unpaired) electrons. The predicted octanol–water partition coefficient (Wildman–Crippen LogP) is 2.26. The fraction of sp³-hybridized carbons (Fsp3) is 0. The van der Waals surface area contributed by atoms with E-state index in [0.29, 0.717) is 5.69 Å². The van der Waals surface area contributed by atoms with E-state index in [9.17, 15) is 10.2 Å². The molecule has 5 heteroatoms. The van der Waals surface area contributed by atoms with Crippen molar-refractivity contribution in [2.75, 3.05) is 0 Å². The van der Waals surface area contributed by atoms with Crippen molar-refractivity contribution in [2.24, 2.45) is 4.99 Å². The van der Waals surface area contributed by atoms with E-state index in [2.05, 4.69) is 4.99 Å². The average Bonchev–Trinajstić information content (AvgIpc) is 2.30. The Morgan fingerprint density at radius 2 is 1.33 bits per heavy atom. The number of rotatable bonds is 2. The third-order valence-electron chi connectivity index (χ3n) is 2.31. The number of benzene rings is 2. The highest BCUT2D eigenvalue weighted by Crippen LogP contribution is 2.30. The van der Waals surface area contributed by atoms with Crippen LogP contribution in [-0.4, -0.2) is 26.6 Å². The largest absolute Gasteiger partial charge is 0.508 e. The van der Waals surface area contributed by atoms with Crippen molar-refractivity contribution in [3.63, 3.8) is 0 Å². The summed E-state index contributed by atoms with van der Waals surface area (Å²) >= 11 is 0. The first-order chi connectivity index (χ1) is 8.56. The molecule has 0 saturated heterocycles. The third-order valence-corrected chi connectivity index (χ3v) is 2.31. The molecule has 0 aliphatic rings. The summed E-state index contributed by atoms with van der Waals surface area (Å²) in [6, 6.07) is 8.34. The SMILES string of the molecule is Oc1ccc(N=Cc2c(O)cc(O)cc2O)cc1. The zero-order chi connectivity index (χ0) is 13.1. The molecular formula is C13H11NO4. The first kappa shape index (κ1) is 11.8. The van der Waals surface area contributed by atoms with Crippen molar-refractivity contribution in [2.45, 2.75) is 0 Å². The molecule has 18 heavy (non-hydrogen) atoms. The zero-order valence-corrected chi connectivity index (χ0v) is 9.28. The molecule has 0 bridgehead atoms. The summed E-state index contributed by atoms with van der Waals surface area (Å²) < 4.78 is 0. The number of aliphatic imine (C=N–C) groups is 1. The minimum atomic E-state index is -0.268. The molecule has 0 aromatic heterocycles. The average molecular weight is 245 g/mol. The van der Waals surface area contributed by atoms with Crippen LogP contribution < -0.4 is 0 Å². The van der Waals surface area contributed by atoms with E-state index in [0.717, 1.165) is 12.1 Å². The Labute approximate surface area is 103 Å². The lowest BCUT2D eigenvalue weighted by Crippen LogP contribution is -1.84. The Kier molecular flexibility index (Phi) is 3.05. The first-order valence-corrected chi connectivity index (χ1v) is 5.14. The van der Waals surface area contributed by atoms with Gasteiger partial charge in [0.2, 0.25) is 0 Å². The van der Waals surface area contributed by atoms with Gasteiger partial charge in [-0.15, -0.1) is 0 Å². The molecule has 0 atom stereocenters. The van der Waals surface area contributed by atoms with Crippen LogP contribution in [0.3, 0.4) is 0 Å². The van der Waals surface area contributed by atoms with E-state index in [4.69, 9.17) is 10.2 Å². The summed E-state index contributed by atoms with van der Waals surface area (Å²) in [6.07, 6.45) is 1.27. The highest BCUT2D eigenvalue weighted by atomic mass is 16.3. The van der Waals surface area contributed by atoms with Gasteiger partial charge in [0.05, 0.1) is 11.3 Å². The van der Waals surface area contributed by atoms with Crippen LogP contribution in [0.25, 0.3) is 0 Å². The molecule has 92 valence electrons. The van der Waals surface area contributed by atoms with Gasteiger partial charge in [-0.2, -0.15) is 0 Å². The Bertz CT molecular complexity index is 567. The molecule has 0 unspecified atom stereocenters. The zero-order valence-electron chi connectivity index (χ0n) is 9.28. The number of phenols is 4. The first-order valence-electron chi connectivity index (χ1n) is 5.14. The van der Waals surface area contributed by atoms with Gasteiger partial charge < -0.3 is 20.4 Å². The number of hydrogen-bond donors (Lipinski definition) is 4. The molecule has 0 aliphatic carbocycles. The van der Waals surface area contributed by atoms with E-state index >= 15 is 0 Å². The molecule has 0 aliphatic heterocycles. The van der Waals surface area contributed by atoms with Gasteiger partial charge >= 0.3 is 0 Å². The molecule has 2 aromatic carbocycles. The van der Waals surface area contributed by atoms with Crippen molar-refractivity contribution in [1.29, 1.82) is 0 Å². The minimum Gasteiger partial charge on any atom is -0.508 e. The van der Waals surface area contributed by atoms with Crippen molar-refractivity contribution in [1.82, 2.24) is 0 Å². The van der Waals surface area contributed by atoms with Gasteiger partial charge in [-0.05, 0) is 24.3 Å². The van der Waals surface area contributed by atoms with Crippen LogP contribution in [0, 0.1) is 0 Å². The molecular weight excluding hydrogens is 234 g/mol. The molecule has 0 heterocycles. The van der Waals surface area contributed by atoms with Crippen LogP contribution in [-0.2, 0) is 0 Å². The second-order valence-electron chi connectivity index (χ2n) is 3.67. The van der Waals surface area contributed by atoms with E-state index in [1.807, 2.05) is 0 Å². The van der Waals surface area contributed by atoms with Crippen LogP contribution in [0.5, 0.6) is 23.0 Å². The van der Waals surface area contributed by atoms with Crippen molar-refractivity contribution in [3.05, 3.63) is 42.0 Å². The summed E-state index contributed by atoms with van der Waals surface area (Å²) in [6.45, 7) is 0. The Balaban J connectivity index is 2.31. The van der Waals surface area contributed by atoms with E-state index < -0.39 is 0 Å². The number of hydrogen-bond acceptors (Lipinski definition) is 5. The topological polar surface area (TPSA) is 93.3 Å². The molecule has 5 nitrogen and oxygen atoms in total. The number of nitrogens with zero attached hydrogens (tertiary/aromatic N) is 1. The van der Waals surface area contributed by atoms with Crippen LogP contribution in [0.2, 0.25) is 0 Å². The quantitative estimate of drug-likeness (QED) is 0.610. The van der Waals surface area contributed by atoms with Crippen LogP contribution >= 0.6 is 0 Å². The smallest absolute Gasteiger partial charge is 0.131 e. The minimum absolute atomic E-state index is 0.112. The summed E-state index contributed by atoms with van der Waals surface area (Å²) in [5.74, 6) is -0.638. The fourth-order valence-corrected chi connectivity index (χ4v) is 1.42. The maximum Gasteiger partial charge on any atom is 0.131 e. The third kappa shape index (κ3) is 2.52. The summed E-state index contributed by atoms with van der Waals surface area (Å²) in [5.41, 5.74) is 0.667. The van der Waals surface area contributed by atoms with E-state index in [1.165, 1.54) is 18.3 Å². The monoisotopic (exact) mass is 245 g/mol. The van der Waals surface area contributed by atoms with Gasteiger partial charge in [0.1, 0.15) is 23.0 Å². The molecule has 0 amide bonds. The maximum absolute atomic E-state index is 9.54. The Hall–Kier alpha value is -2.69. The Morgan fingerprint density at radius 3 is 1.89 bits per heavy atom. The van der Waals surface area contributed by atoms with Crippen LogP contribution in [0.15, 0.2) is 41.4 Å². The highest BCUT2D eigenvalue weighted by molar-refractivity contribution is 5.89. The highest BCUT2D eigenvalue weighted by Gasteiger charge is 2.07. The van der Waals surface area contributed by atoms with Crippen molar-refractivity contribution in [3.8, 4) is 23.0 Å². The van der Waals surface area contributed by atoms with E-state index in [1.54, 1.807) is 12.1 Å². The molecule has 0 fully saturated rings. The molecule has 0 saturated carbocycles. The van der Waals surface area contributed by atoms with E-state index in [-0.39, 0.29) is 28.6 Å². The second kappa shape index (κ2) is 4.67. The molecule has 2 aromatic rings.